The minimum absolute atomic E-state index is 0.348. The van der Waals surface area contributed by atoms with Gasteiger partial charge in [0.1, 0.15) is 28.4 Å². The molecule has 5 heteroatoms. The number of hydrogen-bond acceptors (Lipinski definition) is 5. The molecule has 0 spiro atoms. The van der Waals surface area contributed by atoms with Crippen molar-refractivity contribution in [3.05, 3.63) is 132 Å². The Balaban J connectivity index is 1.52. The molecule has 2 heterocycles. The van der Waals surface area contributed by atoms with Gasteiger partial charge in [-0.25, -0.2) is 0 Å². The molecule has 0 N–H and O–H groups in total. The maximum absolute atomic E-state index is 10.7. The summed E-state index contributed by atoms with van der Waals surface area (Å²) in [6, 6.07) is 43.5. The van der Waals surface area contributed by atoms with Gasteiger partial charge < -0.3 is 8.83 Å². The zero-order valence-corrected chi connectivity index (χ0v) is 23.1. The molecule has 5 nitrogen and oxygen atoms in total. The van der Waals surface area contributed by atoms with Crippen LogP contribution in [0.25, 0.3) is 77.3 Å². The number of fused-ring (bicyclic) bond motifs is 6. The largest absolute Gasteiger partial charge is 0.456 e. The molecule has 44 heavy (non-hydrogen) atoms. The monoisotopic (exact) mass is 561 g/mol. The van der Waals surface area contributed by atoms with Crippen LogP contribution in [0.4, 0.5) is 0 Å². The highest BCUT2D eigenvalue weighted by atomic mass is 16.3. The maximum atomic E-state index is 10.7. The van der Waals surface area contributed by atoms with Crippen LogP contribution in [0.15, 0.2) is 124 Å². The van der Waals surface area contributed by atoms with E-state index in [9.17, 15) is 15.8 Å². The fraction of sp³-hybridized carbons (Fsp3) is 0. The first kappa shape index (κ1) is 25.1. The summed E-state index contributed by atoms with van der Waals surface area (Å²) < 4.78 is 12.4. The van der Waals surface area contributed by atoms with E-state index in [-0.39, 0.29) is 0 Å². The van der Waals surface area contributed by atoms with Crippen molar-refractivity contribution >= 4 is 43.9 Å². The van der Waals surface area contributed by atoms with Gasteiger partial charge in [-0.15, -0.1) is 0 Å². The average molecular weight is 562 g/mol. The summed E-state index contributed by atoms with van der Waals surface area (Å²) in [6.07, 6.45) is 0. The summed E-state index contributed by atoms with van der Waals surface area (Å²) in [7, 11) is 0. The topological polar surface area (TPSA) is 97.7 Å². The molecule has 0 bridgehead atoms. The number of nitrogens with zero attached hydrogens (tertiary/aromatic N) is 3. The van der Waals surface area contributed by atoms with Gasteiger partial charge in [0, 0.05) is 32.7 Å². The Morgan fingerprint density at radius 1 is 0.409 bits per heavy atom. The van der Waals surface area contributed by atoms with E-state index in [1.165, 1.54) is 0 Å². The van der Waals surface area contributed by atoms with Crippen molar-refractivity contribution in [3.63, 3.8) is 0 Å². The standard InChI is InChI=1S/C39H19N3O2/c40-20-23-15-24(21-41)17-25(16-23)31-18-26(27-9-5-13-36-38(27)29-7-1-3-11-34(29)43-36)19-32(33(31)22-42)28-10-6-14-37-39(28)30-8-2-4-12-35(30)44-37/h1-19H. The van der Waals surface area contributed by atoms with Gasteiger partial charge in [-0.2, -0.15) is 15.8 Å². The van der Waals surface area contributed by atoms with Gasteiger partial charge in [0.05, 0.1) is 28.8 Å². The lowest BCUT2D eigenvalue weighted by atomic mass is 9.85. The van der Waals surface area contributed by atoms with Gasteiger partial charge in [0.2, 0.25) is 0 Å². The van der Waals surface area contributed by atoms with E-state index < -0.39 is 0 Å². The molecule has 8 rings (SSSR count). The molecule has 0 fully saturated rings. The summed E-state index contributed by atoms with van der Waals surface area (Å²) in [4.78, 5) is 0. The molecule has 202 valence electrons. The van der Waals surface area contributed by atoms with Crippen LogP contribution in [-0.2, 0) is 0 Å². The quantitative estimate of drug-likeness (QED) is 0.214. The predicted octanol–water partition coefficient (Wildman–Crippen LogP) is 10.1. The minimum Gasteiger partial charge on any atom is -0.456 e. The summed E-state index contributed by atoms with van der Waals surface area (Å²) in [6.45, 7) is 0. The van der Waals surface area contributed by atoms with Crippen LogP contribution in [0.2, 0.25) is 0 Å². The van der Waals surface area contributed by atoms with E-state index >= 15 is 0 Å². The van der Waals surface area contributed by atoms with Crippen LogP contribution in [0.1, 0.15) is 16.7 Å². The van der Waals surface area contributed by atoms with Gasteiger partial charge in [-0.05, 0) is 76.9 Å². The molecule has 2 aromatic heterocycles. The lowest BCUT2D eigenvalue weighted by Crippen LogP contribution is -1.95. The molecule has 0 aliphatic heterocycles. The number of furan rings is 2. The zero-order chi connectivity index (χ0) is 29.8. The van der Waals surface area contributed by atoms with Crippen LogP contribution in [0.5, 0.6) is 0 Å². The second kappa shape index (κ2) is 9.74. The van der Waals surface area contributed by atoms with Crippen molar-refractivity contribution < 1.29 is 8.83 Å². The minimum atomic E-state index is 0.348. The third kappa shape index (κ3) is 3.77. The second-order valence-electron chi connectivity index (χ2n) is 10.6. The number of hydrogen-bond donors (Lipinski definition) is 0. The van der Waals surface area contributed by atoms with E-state index in [2.05, 4.69) is 30.3 Å². The van der Waals surface area contributed by atoms with Gasteiger partial charge in [0.15, 0.2) is 0 Å². The first-order valence-electron chi connectivity index (χ1n) is 14.0. The normalized spacial score (nSPS) is 11.1. The highest BCUT2D eigenvalue weighted by Gasteiger charge is 2.21. The molecule has 0 aliphatic carbocycles. The highest BCUT2D eigenvalue weighted by molar-refractivity contribution is 6.15. The fourth-order valence-electron chi connectivity index (χ4n) is 6.28. The molecule has 8 aromatic rings. The molecule has 0 atom stereocenters. The summed E-state index contributed by atoms with van der Waals surface area (Å²) >= 11 is 0. The lowest BCUT2D eigenvalue weighted by molar-refractivity contribution is 0.668. The molecule has 0 unspecified atom stereocenters. The van der Waals surface area contributed by atoms with Crippen LogP contribution in [-0.4, -0.2) is 0 Å². The van der Waals surface area contributed by atoms with Gasteiger partial charge in [-0.1, -0.05) is 60.7 Å². The molecule has 0 saturated carbocycles. The Kier molecular flexibility index (Phi) is 5.56. The number of benzene rings is 6. The van der Waals surface area contributed by atoms with E-state index in [0.29, 0.717) is 27.8 Å². The molecular formula is C39H19N3O2. The van der Waals surface area contributed by atoms with Crippen molar-refractivity contribution in [1.82, 2.24) is 0 Å². The smallest absolute Gasteiger partial charge is 0.136 e. The van der Waals surface area contributed by atoms with E-state index in [1.807, 2.05) is 84.9 Å². The molecule has 0 radical (unpaired) electrons. The Labute approximate surface area is 251 Å². The second-order valence-corrected chi connectivity index (χ2v) is 10.6. The maximum Gasteiger partial charge on any atom is 0.136 e. The average Bonchev–Trinajstić information content (AvgIpc) is 3.66. The Morgan fingerprint density at radius 2 is 0.909 bits per heavy atom. The van der Waals surface area contributed by atoms with Crippen molar-refractivity contribution in [2.45, 2.75) is 0 Å². The number of para-hydroxylation sites is 2. The van der Waals surface area contributed by atoms with Crippen LogP contribution >= 0.6 is 0 Å². The third-order valence-electron chi connectivity index (χ3n) is 8.16. The van der Waals surface area contributed by atoms with Crippen LogP contribution < -0.4 is 0 Å². The van der Waals surface area contributed by atoms with Crippen molar-refractivity contribution in [1.29, 1.82) is 15.8 Å². The molecule has 0 amide bonds. The first-order chi connectivity index (χ1) is 21.7. The fourth-order valence-corrected chi connectivity index (χ4v) is 6.28. The first-order valence-corrected chi connectivity index (χ1v) is 14.0. The lowest BCUT2D eigenvalue weighted by Gasteiger charge is -2.16. The molecular weight excluding hydrogens is 542 g/mol. The molecule has 0 saturated heterocycles. The molecule has 6 aromatic carbocycles. The summed E-state index contributed by atoms with van der Waals surface area (Å²) in [5, 5.41) is 34.1. The number of nitriles is 3. The third-order valence-corrected chi connectivity index (χ3v) is 8.16. The van der Waals surface area contributed by atoms with Gasteiger partial charge >= 0.3 is 0 Å². The van der Waals surface area contributed by atoms with Gasteiger partial charge in [-0.3, -0.25) is 0 Å². The Hall–Kier alpha value is -6.61. The Morgan fingerprint density at radius 3 is 1.50 bits per heavy atom. The van der Waals surface area contributed by atoms with Crippen molar-refractivity contribution in [2.75, 3.05) is 0 Å². The molecule has 0 aliphatic rings. The van der Waals surface area contributed by atoms with Crippen molar-refractivity contribution in [2.24, 2.45) is 0 Å². The SMILES string of the molecule is N#Cc1cc(C#N)cc(-c2cc(-c3cccc4oc5ccccc5c34)cc(-c3cccc4oc5ccccc5c34)c2C#N)c1. The van der Waals surface area contributed by atoms with Crippen LogP contribution in [0.3, 0.4) is 0 Å². The van der Waals surface area contributed by atoms with E-state index in [0.717, 1.165) is 66.1 Å². The Bertz CT molecular complexity index is 2570. The van der Waals surface area contributed by atoms with Gasteiger partial charge in [0.25, 0.3) is 0 Å². The summed E-state index contributed by atoms with van der Waals surface area (Å²) in [5.41, 5.74) is 8.82. The van der Waals surface area contributed by atoms with Crippen molar-refractivity contribution in [3.8, 4) is 51.6 Å². The predicted molar refractivity (Wildman–Crippen MR) is 171 cm³/mol. The van der Waals surface area contributed by atoms with Crippen LogP contribution in [0, 0.1) is 34.0 Å². The number of rotatable bonds is 3. The highest BCUT2D eigenvalue weighted by Crippen LogP contribution is 2.44. The summed E-state index contributed by atoms with van der Waals surface area (Å²) in [5.74, 6) is 0. The zero-order valence-electron chi connectivity index (χ0n) is 23.1. The van der Waals surface area contributed by atoms with E-state index in [1.54, 1.807) is 18.2 Å². The van der Waals surface area contributed by atoms with E-state index in [4.69, 9.17) is 8.83 Å².